The fraction of sp³-hybridized carbons (Fsp3) is 0.900. The lowest BCUT2D eigenvalue weighted by Gasteiger charge is -2.27. The number of amides is 1. The van der Waals surface area contributed by atoms with Crippen LogP contribution in [0.3, 0.4) is 0 Å². The van der Waals surface area contributed by atoms with Crippen LogP contribution in [0.5, 0.6) is 0 Å². The van der Waals surface area contributed by atoms with E-state index in [0.29, 0.717) is 6.04 Å². The molecule has 1 aliphatic rings. The first-order valence-corrected chi connectivity index (χ1v) is 6.54. The van der Waals surface area contributed by atoms with Crippen molar-refractivity contribution in [2.75, 3.05) is 12.0 Å². The van der Waals surface area contributed by atoms with Crippen LogP contribution in [0.25, 0.3) is 0 Å². The molecule has 3 N–H and O–H groups in total. The SMILES string of the molecule is CSCCCC(C)(NC1CC1)C(N)=O. The highest BCUT2D eigenvalue weighted by Crippen LogP contribution is 2.24. The van der Waals surface area contributed by atoms with Crippen LogP contribution in [0.4, 0.5) is 0 Å². The van der Waals surface area contributed by atoms with Crippen molar-refractivity contribution in [1.82, 2.24) is 5.32 Å². The van der Waals surface area contributed by atoms with E-state index in [-0.39, 0.29) is 5.91 Å². The Labute approximate surface area is 90.2 Å². The van der Waals surface area contributed by atoms with Crippen LogP contribution in [0.2, 0.25) is 0 Å². The average molecular weight is 216 g/mol. The van der Waals surface area contributed by atoms with E-state index in [9.17, 15) is 4.79 Å². The maximum absolute atomic E-state index is 11.3. The summed E-state index contributed by atoms with van der Waals surface area (Å²) in [5.41, 5.74) is 4.93. The molecule has 0 spiro atoms. The van der Waals surface area contributed by atoms with E-state index in [2.05, 4.69) is 11.6 Å². The van der Waals surface area contributed by atoms with E-state index < -0.39 is 5.54 Å². The second kappa shape index (κ2) is 5.03. The summed E-state index contributed by atoms with van der Waals surface area (Å²) in [6.07, 6.45) is 6.34. The van der Waals surface area contributed by atoms with Gasteiger partial charge < -0.3 is 11.1 Å². The quantitative estimate of drug-likeness (QED) is 0.627. The second-order valence-electron chi connectivity index (χ2n) is 4.21. The second-order valence-corrected chi connectivity index (χ2v) is 5.20. The molecule has 1 aliphatic carbocycles. The van der Waals surface area contributed by atoms with E-state index in [0.717, 1.165) is 18.6 Å². The molecule has 0 aliphatic heterocycles. The van der Waals surface area contributed by atoms with Gasteiger partial charge in [-0.05, 0) is 44.6 Å². The third-order valence-corrected chi connectivity index (χ3v) is 3.37. The van der Waals surface area contributed by atoms with Crippen LogP contribution in [0.15, 0.2) is 0 Å². The zero-order valence-corrected chi connectivity index (χ0v) is 9.82. The van der Waals surface area contributed by atoms with Crippen LogP contribution >= 0.6 is 11.8 Å². The van der Waals surface area contributed by atoms with E-state index in [1.54, 1.807) is 0 Å². The Bertz CT molecular complexity index is 206. The number of carbonyl (C=O) groups excluding carboxylic acids is 1. The largest absolute Gasteiger partial charge is 0.368 e. The zero-order chi connectivity index (χ0) is 10.6. The minimum atomic E-state index is -0.489. The molecule has 1 unspecified atom stereocenters. The minimum Gasteiger partial charge on any atom is -0.368 e. The molecule has 0 aromatic heterocycles. The first-order valence-electron chi connectivity index (χ1n) is 5.15. The maximum Gasteiger partial charge on any atom is 0.237 e. The van der Waals surface area contributed by atoms with E-state index >= 15 is 0 Å². The van der Waals surface area contributed by atoms with Gasteiger partial charge in [-0.1, -0.05) is 0 Å². The van der Waals surface area contributed by atoms with Gasteiger partial charge in [-0.3, -0.25) is 4.79 Å². The normalized spacial score (nSPS) is 20.4. The number of rotatable bonds is 7. The molecule has 0 aromatic carbocycles. The highest BCUT2D eigenvalue weighted by atomic mass is 32.2. The number of hydrogen-bond acceptors (Lipinski definition) is 3. The molecule has 0 bridgehead atoms. The molecule has 0 heterocycles. The highest BCUT2D eigenvalue weighted by Gasteiger charge is 2.36. The van der Waals surface area contributed by atoms with Gasteiger partial charge in [0.2, 0.25) is 5.91 Å². The molecule has 1 amide bonds. The van der Waals surface area contributed by atoms with E-state index in [4.69, 9.17) is 5.73 Å². The molecule has 1 rings (SSSR count). The first kappa shape index (κ1) is 11.9. The van der Waals surface area contributed by atoms with Crippen molar-refractivity contribution in [3.63, 3.8) is 0 Å². The lowest BCUT2D eigenvalue weighted by atomic mass is 9.95. The van der Waals surface area contributed by atoms with Crippen molar-refractivity contribution >= 4 is 17.7 Å². The van der Waals surface area contributed by atoms with Crippen molar-refractivity contribution in [2.45, 2.75) is 44.2 Å². The third kappa shape index (κ3) is 3.50. The Morgan fingerprint density at radius 2 is 2.29 bits per heavy atom. The van der Waals surface area contributed by atoms with Crippen molar-refractivity contribution in [3.05, 3.63) is 0 Å². The Kier molecular flexibility index (Phi) is 4.26. The molecule has 1 saturated carbocycles. The van der Waals surface area contributed by atoms with Gasteiger partial charge in [0.05, 0.1) is 5.54 Å². The Hall–Kier alpha value is -0.220. The molecule has 1 fully saturated rings. The Morgan fingerprint density at radius 1 is 1.64 bits per heavy atom. The van der Waals surface area contributed by atoms with Crippen LogP contribution in [-0.4, -0.2) is 29.5 Å². The van der Waals surface area contributed by atoms with Crippen LogP contribution < -0.4 is 11.1 Å². The summed E-state index contributed by atoms with van der Waals surface area (Å²) < 4.78 is 0. The summed E-state index contributed by atoms with van der Waals surface area (Å²) in [6.45, 7) is 1.92. The summed E-state index contributed by atoms with van der Waals surface area (Å²) in [7, 11) is 0. The van der Waals surface area contributed by atoms with Crippen LogP contribution in [-0.2, 0) is 4.79 Å². The number of thioether (sulfide) groups is 1. The molecule has 14 heavy (non-hydrogen) atoms. The van der Waals surface area contributed by atoms with Gasteiger partial charge in [-0.25, -0.2) is 0 Å². The van der Waals surface area contributed by atoms with Gasteiger partial charge in [0, 0.05) is 6.04 Å². The summed E-state index contributed by atoms with van der Waals surface area (Å²) in [6, 6.07) is 0.529. The Morgan fingerprint density at radius 3 is 2.71 bits per heavy atom. The molecule has 1 atom stereocenters. The van der Waals surface area contributed by atoms with Gasteiger partial charge in [-0.15, -0.1) is 0 Å². The minimum absolute atomic E-state index is 0.217. The third-order valence-electron chi connectivity index (χ3n) is 2.67. The van der Waals surface area contributed by atoms with Gasteiger partial charge in [-0.2, -0.15) is 11.8 Å². The average Bonchev–Trinajstić information content (AvgIpc) is 2.88. The van der Waals surface area contributed by atoms with Crippen molar-refractivity contribution in [2.24, 2.45) is 5.73 Å². The number of primary amides is 1. The van der Waals surface area contributed by atoms with Gasteiger partial charge >= 0.3 is 0 Å². The van der Waals surface area contributed by atoms with E-state index in [1.807, 2.05) is 18.7 Å². The number of nitrogens with one attached hydrogen (secondary N) is 1. The zero-order valence-electron chi connectivity index (χ0n) is 9.01. The molecular weight excluding hydrogens is 196 g/mol. The summed E-state index contributed by atoms with van der Waals surface area (Å²) in [5, 5.41) is 3.34. The fourth-order valence-corrected chi connectivity index (χ4v) is 1.95. The van der Waals surface area contributed by atoms with Crippen molar-refractivity contribution < 1.29 is 4.79 Å². The van der Waals surface area contributed by atoms with Crippen molar-refractivity contribution in [3.8, 4) is 0 Å². The monoisotopic (exact) mass is 216 g/mol. The molecule has 3 nitrogen and oxygen atoms in total. The maximum atomic E-state index is 11.3. The first-order chi connectivity index (χ1) is 6.58. The van der Waals surface area contributed by atoms with Gasteiger partial charge in [0.15, 0.2) is 0 Å². The smallest absolute Gasteiger partial charge is 0.237 e. The number of carbonyl (C=O) groups is 1. The number of nitrogens with two attached hydrogens (primary N) is 1. The molecule has 0 radical (unpaired) electrons. The highest BCUT2D eigenvalue weighted by molar-refractivity contribution is 7.98. The molecule has 0 saturated heterocycles. The summed E-state index contributed by atoms with van der Waals surface area (Å²) >= 11 is 1.81. The summed E-state index contributed by atoms with van der Waals surface area (Å²) in [5.74, 6) is 0.875. The molecule has 0 aromatic rings. The molecule has 82 valence electrons. The lowest BCUT2D eigenvalue weighted by Crippen LogP contribution is -2.54. The number of hydrogen-bond donors (Lipinski definition) is 2. The fourth-order valence-electron chi connectivity index (χ4n) is 1.51. The van der Waals surface area contributed by atoms with Crippen LogP contribution in [0.1, 0.15) is 32.6 Å². The van der Waals surface area contributed by atoms with Gasteiger partial charge in [0.1, 0.15) is 0 Å². The molecular formula is C10H20N2OS. The Balaban J connectivity index is 2.38. The topological polar surface area (TPSA) is 55.1 Å². The lowest BCUT2D eigenvalue weighted by molar-refractivity contribution is -0.124. The predicted octanol–water partition coefficient (Wildman–Crippen LogP) is 1.13. The van der Waals surface area contributed by atoms with E-state index in [1.165, 1.54) is 12.8 Å². The van der Waals surface area contributed by atoms with Crippen molar-refractivity contribution in [1.29, 1.82) is 0 Å². The standard InChI is InChI=1S/C10H20N2OS/c1-10(9(11)13,6-3-7-14-2)12-8-4-5-8/h8,12H,3-7H2,1-2H3,(H2,11,13). The predicted molar refractivity (Wildman–Crippen MR) is 61.4 cm³/mol. The summed E-state index contributed by atoms with van der Waals surface area (Å²) in [4.78, 5) is 11.3. The van der Waals surface area contributed by atoms with Gasteiger partial charge in [0.25, 0.3) is 0 Å². The van der Waals surface area contributed by atoms with Crippen LogP contribution in [0, 0.1) is 0 Å². The molecule has 4 heteroatoms.